The molecule has 1 saturated heterocycles. The number of hydrogen-bond acceptors (Lipinski definition) is 9. The molecule has 1 unspecified atom stereocenters. The Morgan fingerprint density at radius 3 is 2.79 bits per heavy atom. The summed E-state index contributed by atoms with van der Waals surface area (Å²) in [5.74, 6) is 1.12. The van der Waals surface area contributed by atoms with E-state index in [4.69, 9.17) is 24.4 Å². The van der Waals surface area contributed by atoms with Gasteiger partial charge < -0.3 is 24.0 Å². The normalized spacial score (nSPS) is 16.2. The molecule has 1 N–H and O–H groups in total. The van der Waals surface area contributed by atoms with Crippen LogP contribution in [0.15, 0.2) is 18.2 Å². The number of fused-ring (bicyclic) bond motifs is 1. The van der Waals surface area contributed by atoms with Crippen LogP contribution in [0.2, 0.25) is 0 Å². The van der Waals surface area contributed by atoms with Crippen molar-refractivity contribution in [2.24, 2.45) is 14.1 Å². The molecule has 1 aromatic carbocycles. The highest BCUT2D eigenvalue weighted by molar-refractivity contribution is 5.94. The van der Waals surface area contributed by atoms with E-state index in [0.29, 0.717) is 31.1 Å². The number of nitrogens with zero attached hydrogens (tertiary/aromatic N) is 7. The molecule has 1 aliphatic rings. The molecule has 154 valence electrons. The van der Waals surface area contributed by atoms with Crippen LogP contribution in [0.1, 0.15) is 22.3 Å². The van der Waals surface area contributed by atoms with Crippen LogP contribution in [0.3, 0.4) is 0 Å². The molecule has 29 heavy (non-hydrogen) atoms. The van der Waals surface area contributed by atoms with Gasteiger partial charge in [0.25, 0.3) is 6.47 Å². The number of rotatable bonds is 3. The van der Waals surface area contributed by atoms with Crippen molar-refractivity contribution in [3.63, 3.8) is 0 Å². The van der Waals surface area contributed by atoms with Gasteiger partial charge in [0.1, 0.15) is 6.10 Å². The quantitative estimate of drug-likeness (QED) is 0.475. The van der Waals surface area contributed by atoms with Gasteiger partial charge in [-0.15, -0.1) is 5.10 Å². The second kappa shape index (κ2) is 8.65. The molecule has 2 aromatic heterocycles. The van der Waals surface area contributed by atoms with E-state index in [-0.39, 0.29) is 18.5 Å². The number of esters is 1. The highest BCUT2D eigenvalue weighted by Crippen LogP contribution is 2.27. The molecular weight excluding hydrogens is 382 g/mol. The Labute approximate surface area is 165 Å². The number of carbonyl (C=O) groups is 2. The van der Waals surface area contributed by atoms with Crippen molar-refractivity contribution in [3.8, 4) is 0 Å². The minimum Gasteiger partial charge on any atom is -0.483 e. The molecule has 1 atom stereocenters. The fourth-order valence-electron chi connectivity index (χ4n) is 3.21. The SMILES string of the molecule is COC(=O)c1ccc2c(c1)nc(N1CCOC(c3nnnn3C)C1)n2C.O=CO. The molecule has 0 radical (unpaired) electrons. The van der Waals surface area contributed by atoms with E-state index < -0.39 is 0 Å². The standard InChI is InChI=1S/C16H19N7O3.CH2O2/c1-21-12-5-4-10(15(24)25-3)8-11(12)17-16(21)23-6-7-26-13(9-23)14-18-19-20-22(14)2;2-1-3/h4-5,8,13H,6-7,9H2,1-3H3;1H,(H,2,3). The molecule has 0 spiro atoms. The lowest BCUT2D eigenvalue weighted by molar-refractivity contribution is -0.122. The summed E-state index contributed by atoms with van der Waals surface area (Å²) in [5.41, 5.74) is 2.17. The largest absolute Gasteiger partial charge is 0.483 e. The molecule has 1 fully saturated rings. The van der Waals surface area contributed by atoms with Crippen LogP contribution in [0.5, 0.6) is 0 Å². The monoisotopic (exact) mass is 403 g/mol. The number of aryl methyl sites for hydroxylation is 2. The van der Waals surface area contributed by atoms with Gasteiger partial charge in [-0.05, 0) is 28.6 Å². The summed E-state index contributed by atoms with van der Waals surface area (Å²) in [6, 6.07) is 5.37. The van der Waals surface area contributed by atoms with Crippen molar-refractivity contribution in [2.75, 3.05) is 31.7 Å². The number of anilines is 1. The van der Waals surface area contributed by atoms with E-state index in [1.807, 2.05) is 17.7 Å². The molecule has 3 heterocycles. The third kappa shape index (κ3) is 4.01. The number of tetrazole rings is 1. The van der Waals surface area contributed by atoms with E-state index in [9.17, 15) is 4.79 Å². The fourth-order valence-corrected chi connectivity index (χ4v) is 3.21. The zero-order valence-electron chi connectivity index (χ0n) is 16.2. The number of imidazole rings is 1. The maximum Gasteiger partial charge on any atom is 0.337 e. The Bertz CT molecular complexity index is 1010. The van der Waals surface area contributed by atoms with Gasteiger partial charge >= 0.3 is 5.97 Å². The van der Waals surface area contributed by atoms with Gasteiger partial charge in [0.15, 0.2) is 5.82 Å². The lowest BCUT2D eigenvalue weighted by Crippen LogP contribution is -2.40. The molecule has 3 aromatic rings. The molecule has 1 aliphatic heterocycles. The molecule has 0 aliphatic carbocycles. The highest BCUT2D eigenvalue weighted by Gasteiger charge is 2.28. The van der Waals surface area contributed by atoms with E-state index in [2.05, 4.69) is 20.4 Å². The number of hydrogen-bond donors (Lipinski definition) is 1. The van der Waals surface area contributed by atoms with Gasteiger partial charge in [0, 0.05) is 20.6 Å². The van der Waals surface area contributed by atoms with Crippen LogP contribution in [0.4, 0.5) is 5.95 Å². The first kappa shape index (κ1) is 20.2. The van der Waals surface area contributed by atoms with Crippen LogP contribution in [0.25, 0.3) is 11.0 Å². The predicted molar refractivity (Wildman–Crippen MR) is 100 cm³/mol. The number of carboxylic acid groups (broad SMARTS) is 1. The first-order valence-corrected chi connectivity index (χ1v) is 8.71. The van der Waals surface area contributed by atoms with Gasteiger partial charge in [0.05, 0.1) is 36.9 Å². The molecule has 12 nitrogen and oxygen atoms in total. The summed E-state index contributed by atoms with van der Waals surface area (Å²) in [6.07, 6.45) is -0.228. The molecule has 0 bridgehead atoms. The Morgan fingerprint density at radius 1 is 1.38 bits per heavy atom. The average Bonchev–Trinajstić information content (AvgIpc) is 3.31. The van der Waals surface area contributed by atoms with Crippen molar-refractivity contribution in [3.05, 3.63) is 29.6 Å². The first-order chi connectivity index (χ1) is 14.0. The van der Waals surface area contributed by atoms with Crippen LogP contribution >= 0.6 is 0 Å². The fraction of sp³-hybridized carbons (Fsp3) is 0.412. The Kier molecular flexibility index (Phi) is 6.02. The average molecular weight is 403 g/mol. The summed E-state index contributed by atoms with van der Waals surface area (Å²) < 4.78 is 14.2. The number of methoxy groups -OCH3 is 1. The minimum atomic E-state index is -0.375. The van der Waals surface area contributed by atoms with Crippen molar-refractivity contribution in [1.29, 1.82) is 0 Å². The Morgan fingerprint density at radius 2 is 2.14 bits per heavy atom. The maximum absolute atomic E-state index is 11.8. The molecule has 0 amide bonds. The highest BCUT2D eigenvalue weighted by atomic mass is 16.5. The Balaban J connectivity index is 0.000000755. The third-order valence-electron chi connectivity index (χ3n) is 4.57. The van der Waals surface area contributed by atoms with Crippen molar-refractivity contribution in [1.82, 2.24) is 29.8 Å². The first-order valence-electron chi connectivity index (χ1n) is 8.71. The zero-order chi connectivity index (χ0) is 21.0. The summed E-state index contributed by atoms with van der Waals surface area (Å²) in [7, 11) is 5.11. The maximum atomic E-state index is 11.8. The second-order valence-corrected chi connectivity index (χ2v) is 6.24. The summed E-state index contributed by atoms with van der Waals surface area (Å²) in [4.78, 5) is 27.0. The summed E-state index contributed by atoms with van der Waals surface area (Å²) in [5, 5.41) is 18.5. The molecule has 4 rings (SSSR count). The number of carbonyl (C=O) groups excluding carboxylic acids is 1. The molecule has 12 heteroatoms. The predicted octanol–water partition coefficient (Wildman–Crippen LogP) is 0.162. The minimum absolute atomic E-state index is 0.228. The van der Waals surface area contributed by atoms with Crippen molar-refractivity contribution in [2.45, 2.75) is 6.10 Å². The number of aromatic nitrogens is 6. The zero-order valence-corrected chi connectivity index (χ0v) is 16.2. The summed E-state index contributed by atoms with van der Waals surface area (Å²) in [6.45, 7) is 1.60. The number of ether oxygens (including phenoxy) is 2. The molecular formula is C17H21N7O5. The molecule has 0 saturated carbocycles. The number of benzene rings is 1. The van der Waals surface area contributed by atoms with E-state index in [1.165, 1.54) is 7.11 Å². The van der Waals surface area contributed by atoms with Crippen molar-refractivity contribution < 1.29 is 24.2 Å². The van der Waals surface area contributed by atoms with Gasteiger partial charge in [0.2, 0.25) is 5.95 Å². The van der Waals surface area contributed by atoms with E-state index in [1.54, 1.807) is 23.9 Å². The summed E-state index contributed by atoms with van der Waals surface area (Å²) >= 11 is 0. The smallest absolute Gasteiger partial charge is 0.337 e. The Hall–Kier alpha value is -3.54. The van der Waals surface area contributed by atoms with Crippen LogP contribution in [0, 0.1) is 0 Å². The van der Waals surface area contributed by atoms with Crippen LogP contribution < -0.4 is 4.90 Å². The third-order valence-corrected chi connectivity index (χ3v) is 4.57. The van der Waals surface area contributed by atoms with Crippen molar-refractivity contribution >= 4 is 29.4 Å². The van der Waals surface area contributed by atoms with Gasteiger partial charge in [-0.2, -0.15) is 0 Å². The van der Waals surface area contributed by atoms with E-state index >= 15 is 0 Å². The van der Waals surface area contributed by atoms with E-state index in [0.717, 1.165) is 17.0 Å². The van der Waals surface area contributed by atoms with Gasteiger partial charge in [-0.1, -0.05) is 0 Å². The lowest BCUT2D eigenvalue weighted by atomic mass is 10.2. The number of morpholine rings is 1. The topological polar surface area (TPSA) is 137 Å². The van der Waals surface area contributed by atoms with Gasteiger partial charge in [-0.3, -0.25) is 4.79 Å². The lowest BCUT2D eigenvalue weighted by Gasteiger charge is -2.32. The van der Waals surface area contributed by atoms with Crippen LogP contribution in [-0.2, 0) is 28.4 Å². The second-order valence-electron chi connectivity index (χ2n) is 6.24. The van der Waals surface area contributed by atoms with Crippen LogP contribution in [-0.4, -0.2) is 74.1 Å². The van der Waals surface area contributed by atoms with Gasteiger partial charge in [-0.25, -0.2) is 14.5 Å².